The molecule has 0 rings (SSSR count). The lowest BCUT2D eigenvalue weighted by Crippen LogP contribution is -2.21. The van der Waals surface area contributed by atoms with E-state index in [1.807, 2.05) is 20.8 Å². The second-order valence-electron chi connectivity index (χ2n) is 5.38. The van der Waals surface area contributed by atoms with E-state index in [1.165, 1.54) is 0 Å². The Hall–Kier alpha value is -1.59. The lowest BCUT2D eigenvalue weighted by Gasteiger charge is -2.15. The van der Waals surface area contributed by atoms with Crippen molar-refractivity contribution in [2.75, 3.05) is 19.8 Å². The topological polar surface area (TPSA) is 78.9 Å². The molecule has 0 heterocycles. The lowest BCUT2D eigenvalue weighted by molar-refractivity contribution is -0.150. The van der Waals surface area contributed by atoms with E-state index in [-0.39, 0.29) is 30.7 Å². The molecular formula is C17H30O6. The molecule has 0 saturated heterocycles. The molecule has 134 valence electrons. The molecule has 0 aliphatic rings. The summed E-state index contributed by atoms with van der Waals surface area (Å²) in [6.07, 6.45) is 3.20. The van der Waals surface area contributed by atoms with E-state index in [2.05, 4.69) is 0 Å². The second-order valence-corrected chi connectivity index (χ2v) is 5.38. The van der Waals surface area contributed by atoms with Gasteiger partial charge in [0.2, 0.25) is 0 Å². The maximum Gasteiger partial charge on any atom is 0.308 e. The summed E-state index contributed by atoms with van der Waals surface area (Å²) in [6.45, 7) is 6.85. The van der Waals surface area contributed by atoms with Gasteiger partial charge in [-0.15, -0.1) is 0 Å². The van der Waals surface area contributed by atoms with Gasteiger partial charge in [-0.2, -0.15) is 0 Å². The Labute approximate surface area is 138 Å². The molecule has 0 radical (unpaired) electrons. The van der Waals surface area contributed by atoms with Crippen molar-refractivity contribution in [3.63, 3.8) is 0 Å². The van der Waals surface area contributed by atoms with Gasteiger partial charge in [-0.25, -0.2) is 0 Å². The van der Waals surface area contributed by atoms with Gasteiger partial charge in [0.25, 0.3) is 0 Å². The van der Waals surface area contributed by atoms with Crippen LogP contribution < -0.4 is 0 Å². The third-order valence-electron chi connectivity index (χ3n) is 3.11. The minimum absolute atomic E-state index is 0.149. The maximum atomic E-state index is 12.0. The number of carbonyl (C=O) groups is 3. The Morgan fingerprint density at radius 1 is 0.696 bits per heavy atom. The average Bonchev–Trinajstić information content (AvgIpc) is 2.55. The molecule has 0 N–H and O–H groups in total. The van der Waals surface area contributed by atoms with Crippen molar-refractivity contribution in [1.29, 1.82) is 0 Å². The molecule has 0 aromatic carbocycles. The van der Waals surface area contributed by atoms with E-state index in [4.69, 9.17) is 14.2 Å². The highest BCUT2D eigenvalue weighted by Crippen LogP contribution is 2.17. The van der Waals surface area contributed by atoms with Crippen molar-refractivity contribution in [1.82, 2.24) is 0 Å². The number of hydrogen-bond donors (Lipinski definition) is 0. The SMILES string of the molecule is CCCOC(=O)CCC(CCC(=O)OCCC)C(=O)OCCC. The summed E-state index contributed by atoms with van der Waals surface area (Å²) in [7, 11) is 0. The summed E-state index contributed by atoms with van der Waals surface area (Å²) >= 11 is 0. The van der Waals surface area contributed by atoms with Crippen LogP contribution in [0.5, 0.6) is 0 Å². The molecule has 0 aliphatic carbocycles. The molecule has 0 spiro atoms. The first-order valence-corrected chi connectivity index (χ1v) is 8.52. The van der Waals surface area contributed by atoms with E-state index < -0.39 is 5.92 Å². The van der Waals surface area contributed by atoms with Crippen LogP contribution in [0.3, 0.4) is 0 Å². The molecule has 0 fully saturated rings. The fourth-order valence-corrected chi connectivity index (χ4v) is 1.86. The summed E-state index contributed by atoms with van der Waals surface area (Å²) in [6, 6.07) is 0. The molecule has 0 aromatic heterocycles. The first-order valence-electron chi connectivity index (χ1n) is 8.52. The predicted octanol–water partition coefficient (Wildman–Crippen LogP) is 3.02. The van der Waals surface area contributed by atoms with E-state index in [1.54, 1.807) is 0 Å². The summed E-state index contributed by atoms with van der Waals surface area (Å²) in [5, 5.41) is 0. The van der Waals surface area contributed by atoms with Crippen LogP contribution in [0.15, 0.2) is 0 Å². The van der Waals surface area contributed by atoms with Crippen LogP contribution in [-0.2, 0) is 28.6 Å². The maximum absolute atomic E-state index is 12.0. The molecule has 0 unspecified atom stereocenters. The number of esters is 3. The van der Waals surface area contributed by atoms with Gasteiger partial charge in [0.15, 0.2) is 0 Å². The number of ether oxygens (including phenoxy) is 3. The van der Waals surface area contributed by atoms with Crippen LogP contribution in [0, 0.1) is 5.92 Å². The second kappa shape index (κ2) is 14.0. The van der Waals surface area contributed by atoms with Gasteiger partial charge in [0.05, 0.1) is 25.7 Å². The predicted molar refractivity (Wildman–Crippen MR) is 85.7 cm³/mol. The molecule has 0 amide bonds. The Kier molecular flexibility index (Phi) is 13.1. The monoisotopic (exact) mass is 330 g/mol. The number of carbonyl (C=O) groups excluding carboxylic acids is 3. The van der Waals surface area contributed by atoms with Crippen LogP contribution in [0.1, 0.15) is 65.7 Å². The smallest absolute Gasteiger partial charge is 0.308 e. The first kappa shape index (κ1) is 21.4. The molecular weight excluding hydrogens is 300 g/mol. The summed E-state index contributed by atoms with van der Waals surface area (Å²) in [4.78, 5) is 35.1. The Balaban J connectivity index is 4.35. The van der Waals surface area contributed by atoms with E-state index in [9.17, 15) is 14.4 Å². The molecule has 0 bridgehead atoms. The van der Waals surface area contributed by atoms with Crippen LogP contribution in [0.4, 0.5) is 0 Å². The van der Waals surface area contributed by atoms with Gasteiger partial charge >= 0.3 is 17.9 Å². The molecule has 6 nitrogen and oxygen atoms in total. The molecule has 0 atom stereocenters. The van der Waals surface area contributed by atoms with Gasteiger partial charge in [0, 0.05) is 12.8 Å². The van der Waals surface area contributed by atoms with Crippen LogP contribution in [-0.4, -0.2) is 37.7 Å². The third-order valence-corrected chi connectivity index (χ3v) is 3.11. The van der Waals surface area contributed by atoms with Gasteiger partial charge < -0.3 is 14.2 Å². The Morgan fingerprint density at radius 2 is 1.09 bits per heavy atom. The highest BCUT2D eigenvalue weighted by atomic mass is 16.5. The molecule has 6 heteroatoms. The highest BCUT2D eigenvalue weighted by Gasteiger charge is 2.22. The van der Waals surface area contributed by atoms with Crippen molar-refractivity contribution in [3.8, 4) is 0 Å². The largest absolute Gasteiger partial charge is 0.466 e. The lowest BCUT2D eigenvalue weighted by atomic mass is 9.97. The standard InChI is InChI=1S/C17H30O6/c1-4-11-21-15(18)9-7-14(17(20)23-13-6-3)8-10-16(19)22-12-5-2/h14H,4-13H2,1-3H3. The fourth-order valence-electron chi connectivity index (χ4n) is 1.86. The highest BCUT2D eigenvalue weighted by molar-refractivity contribution is 5.76. The van der Waals surface area contributed by atoms with Crippen molar-refractivity contribution < 1.29 is 28.6 Å². The first-order chi connectivity index (χ1) is 11.0. The van der Waals surface area contributed by atoms with E-state index in [0.29, 0.717) is 32.7 Å². The Bertz CT molecular complexity index is 329. The summed E-state index contributed by atoms with van der Waals surface area (Å²) in [5.74, 6) is -1.49. The van der Waals surface area contributed by atoms with Crippen molar-refractivity contribution in [3.05, 3.63) is 0 Å². The zero-order valence-corrected chi connectivity index (χ0v) is 14.6. The molecule has 0 aromatic rings. The quantitative estimate of drug-likeness (QED) is 0.381. The summed E-state index contributed by atoms with van der Waals surface area (Å²) in [5.41, 5.74) is 0. The molecule has 0 aliphatic heterocycles. The van der Waals surface area contributed by atoms with Crippen LogP contribution in [0.2, 0.25) is 0 Å². The number of rotatable bonds is 13. The van der Waals surface area contributed by atoms with Crippen molar-refractivity contribution in [2.45, 2.75) is 65.7 Å². The van der Waals surface area contributed by atoms with Gasteiger partial charge in [-0.1, -0.05) is 20.8 Å². The zero-order valence-electron chi connectivity index (χ0n) is 14.6. The van der Waals surface area contributed by atoms with E-state index in [0.717, 1.165) is 19.3 Å². The van der Waals surface area contributed by atoms with E-state index >= 15 is 0 Å². The van der Waals surface area contributed by atoms with Crippen molar-refractivity contribution in [2.24, 2.45) is 5.92 Å². The molecule has 23 heavy (non-hydrogen) atoms. The average molecular weight is 330 g/mol. The third kappa shape index (κ3) is 11.6. The minimum atomic E-state index is -0.482. The summed E-state index contributed by atoms with van der Waals surface area (Å²) < 4.78 is 15.1. The van der Waals surface area contributed by atoms with Gasteiger partial charge in [0.1, 0.15) is 0 Å². The minimum Gasteiger partial charge on any atom is -0.466 e. The Morgan fingerprint density at radius 3 is 1.48 bits per heavy atom. The zero-order chi connectivity index (χ0) is 17.5. The van der Waals surface area contributed by atoms with Crippen molar-refractivity contribution >= 4 is 17.9 Å². The van der Waals surface area contributed by atoms with Crippen LogP contribution in [0.25, 0.3) is 0 Å². The van der Waals surface area contributed by atoms with Gasteiger partial charge in [-0.3, -0.25) is 14.4 Å². The normalized spacial score (nSPS) is 10.4. The van der Waals surface area contributed by atoms with Gasteiger partial charge in [-0.05, 0) is 32.1 Å². The molecule has 0 saturated carbocycles. The van der Waals surface area contributed by atoms with Crippen LogP contribution >= 0.6 is 0 Å². The fraction of sp³-hybridized carbons (Fsp3) is 0.824. The number of hydrogen-bond acceptors (Lipinski definition) is 6.